The van der Waals surface area contributed by atoms with E-state index >= 15 is 0 Å². The van der Waals surface area contributed by atoms with Gasteiger partial charge in [0.05, 0.1) is 6.10 Å². The van der Waals surface area contributed by atoms with Crippen LogP contribution in [0.1, 0.15) is 18.1 Å². The smallest absolute Gasteiger partial charge is 0.0833 e. The van der Waals surface area contributed by atoms with Crippen LogP contribution in [0.5, 0.6) is 0 Å². The number of ether oxygens (including phenoxy) is 1. The lowest BCUT2D eigenvalue weighted by Gasteiger charge is -2.14. The Bertz CT molecular complexity index is 223. The van der Waals surface area contributed by atoms with Crippen molar-refractivity contribution in [2.24, 2.45) is 0 Å². The molecule has 2 nitrogen and oxygen atoms in total. The van der Waals surface area contributed by atoms with Crippen molar-refractivity contribution < 1.29 is 4.74 Å². The predicted molar refractivity (Wildman–Crippen MR) is 54.7 cm³/mol. The van der Waals surface area contributed by atoms with E-state index in [4.69, 9.17) is 4.74 Å². The van der Waals surface area contributed by atoms with Crippen LogP contribution in [0.2, 0.25) is 0 Å². The lowest BCUT2D eigenvalue weighted by Crippen LogP contribution is -2.13. The second-order valence-corrected chi connectivity index (χ2v) is 3.03. The Kier molecular flexibility index (Phi) is 4.50. The molecule has 0 aliphatic rings. The molecule has 0 fully saturated rings. The van der Waals surface area contributed by atoms with Crippen LogP contribution in [0.15, 0.2) is 30.3 Å². The van der Waals surface area contributed by atoms with Crippen LogP contribution < -0.4 is 5.32 Å². The fourth-order valence-corrected chi connectivity index (χ4v) is 1.36. The van der Waals surface area contributed by atoms with Gasteiger partial charge in [0, 0.05) is 7.11 Å². The second-order valence-electron chi connectivity index (χ2n) is 3.03. The molecular weight excluding hydrogens is 162 g/mol. The van der Waals surface area contributed by atoms with Gasteiger partial charge in [-0.05, 0) is 25.6 Å². The molecule has 0 saturated carbocycles. The Morgan fingerprint density at radius 2 is 2.00 bits per heavy atom. The van der Waals surface area contributed by atoms with Crippen molar-refractivity contribution in [1.29, 1.82) is 0 Å². The minimum absolute atomic E-state index is 0.216. The SMILES string of the molecule is CNCCC(OC)c1ccccc1. The molecule has 1 unspecified atom stereocenters. The Labute approximate surface area is 79.9 Å². The Morgan fingerprint density at radius 1 is 1.31 bits per heavy atom. The van der Waals surface area contributed by atoms with Crippen LogP contribution >= 0.6 is 0 Å². The highest BCUT2D eigenvalue weighted by Gasteiger charge is 2.07. The molecule has 0 amide bonds. The lowest BCUT2D eigenvalue weighted by atomic mass is 10.1. The fraction of sp³-hybridized carbons (Fsp3) is 0.455. The molecule has 2 heteroatoms. The zero-order valence-corrected chi connectivity index (χ0v) is 8.29. The summed E-state index contributed by atoms with van der Waals surface area (Å²) in [6, 6.07) is 10.3. The number of hydrogen-bond donors (Lipinski definition) is 1. The first-order chi connectivity index (χ1) is 6.38. The molecule has 0 bridgehead atoms. The quantitative estimate of drug-likeness (QED) is 0.746. The van der Waals surface area contributed by atoms with Gasteiger partial charge in [0.15, 0.2) is 0 Å². The fourth-order valence-electron chi connectivity index (χ4n) is 1.36. The van der Waals surface area contributed by atoms with Crippen LogP contribution in [0.3, 0.4) is 0 Å². The van der Waals surface area contributed by atoms with Crippen molar-refractivity contribution >= 4 is 0 Å². The van der Waals surface area contributed by atoms with Crippen molar-refractivity contribution in [3.63, 3.8) is 0 Å². The average Bonchev–Trinajstić information content (AvgIpc) is 2.21. The first-order valence-corrected chi connectivity index (χ1v) is 4.61. The minimum Gasteiger partial charge on any atom is -0.377 e. The lowest BCUT2D eigenvalue weighted by molar-refractivity contribution is 0.0961. The monoisotopic (exact) mass is 179 g/mol. The highest BCUT2D eigenvalue weighted by atomic mass is 16.5. The maximum absolute atomic E-state index is 5.40. The van der Waals surface area contributed by atoms with E-state index in [2.05, 4.69) is 17.4 Å². The van der Waals surface area contributed by atoms with Gasteiger partial charge in [0.1, 0.15) is 0 Å². The standard InChI is InChI=1S/C11H17NO/c1-12-9-8-11(13-2)10-6-4-3-5-7-10/h3-7,11-12H,8-9H2,1-2H3. The van der Waals surface area contributed by atoms with Gasteiger partial charge in [-0.1, -0.05) is 30.3 Å². The maximum atomic E-state index is 5.40. The van der Waals surface area contributed by atoms with Crippen molar-refractivity contribution in [2.45, 2.75) is 12.5 Å². The number of methoxy groups -OCH3 is 1. The summed E-state index contributed by atoms with van der Waals surface area (Å²) in [6.07, 6.45) is 1.23. The number of rotatable bonds is 5. The molecule has 1 aromatic carbocycles. The molecule has 1 N–H and O–H groups in total. The van der Waals surface area contributed by atoms with E-state index in [0.29, 0.717) is 0 Å². The molecule has 1 rings (SSSR count). The summed E-state index contributed by atoms with van der Waals surface area (Å²) >= 11 is 0. The summed E-state index contributed by atoms with van der Waals surface area (Å²) in [6.45, 7) is 0.980. The van der Waals surface area contributed by atoms with Crippen molar-refractivity contribution in [3.05, 3.63) is 35.9 Å². The van der Waals surface area contributed by atoms with Crippen LogP contribution in [0, 0.1) is 0 Å². The van der Waals surface area contributed by atoms with Gasteiger partial charge >= 0.3 is 0 Å². The largest absolute Gasteiger partial charge is 0.377 e. The van der Waals surface area contributed by atoms with Crippen LogP contribution in [0.25, 0.3) is 0 Å². The molecule has 1 atom stereocenters. The second kappa shape index (κ2) is 5.73. The summed E-state index contributed by atoms with van der Waals surface area (Å²) in [5, 5.41) is 3.12. The first kappa shape index (κ1) is 10.2. The van der Waals surface area contributed by atoms with Gasteiger partial charge in [0.2, 0.25) is 0 Å². The van der Waals surface area contributed by atoms with Crippen molar-refractivity contribution in [2.75, 3.05) is 20.7 Å². The summed E-state index contributed by atoms with van der Waals surface area (Å²) in [4.78, 5) is 0. The molecule has 0 aliphatic carbocycles. The minimum atomic E-state index is 0.216. The van der Waals surface area contributed by atoms with E-state index in [-0.39, 0.29) is 6.10 Å². The third kappa shape index (κ3) is 3.17. The van der Waals surface area contributed by atoms with E-state index < -0.39 is 0 Å². The topological polar surface area (TPSA) is 21.3 Å². The van der Waals surface area contributed by atoms with Crippen LogP contribution in [-0.4, -0.2) is 20.7 Å². The van der Waals surface area contributed by atoms with E-state index in [9.17, 15) is 0 Å². The third-order valence-electron chi connectivity index (χ3n) is 2.11. The van der Waals surface area contributed by atoms with E-state index in [1.165, 1.54) is 5.56 Å². The summed E-state index contributed by atoms with van der Waals surface area (Å²) in [5.74, 6) is 0. The van der Waals surface area contributed by atoms with Crippen LogP contribution in [-0.2, 0) is 4.74 Å². The van der Waals surface area contributed by atoms with Gasteiger partial charge in [-0.15, -0.1) is 0 Å². The zero-order valence-electron chi connectivity index (χ0n) is 8.29. The first-order valence-electron chi connectivity index (χ1n) is 4.61. The summed E-state index contributed by atoms with van der Waals surface area (Å²) in [7, 11) is 3.71. The molecule has 0 saturated heterocycles. The predicted octanol–water partition coefficient (Wildman–Crippen LogP) is 1.98. The molecule has 0 aliphatic heterocycles. The highest BCUT2D eigenvalue weighted by Crippen LogP contribution is 2.18. The number of benzene rings is 1. The van der Waals surface area contributed by atoms with E-state index in [1.54, 1.807) is 7.11 Å². The molecule has 1 aromatic rings. The van der Waals surface area contributed by atoms with Gasteiger partial charge in [-0.25, -0.2) is 0 Å². The molecule has 0 spiro atoms. The Hall–Kier alpha value is -0.860. The van der Waals surface area contributed by atoms with Crippen LogP contribution in [0.4, 0.5) is 0 Å². The molecule has 72 valence electrons. The summed E-state index contributed by atoms with van der Waals surface area (Å²) < 4.78 is 5.40. The third-order valence-corrected chi connectivity index (χ3v) is 2.11. The molecular formula is C11H17NO. The highest BCUT2D eigenvalue weighted by molar-refractivity contribution is 5.17. The van der Waals surface area contributed by atoms with Crippen molar-refractivity contribution in [3.8, 4) is 0 Å². The number of nitrogens with one attached hydrogen (secondary N) is 1. The summed E-state index contributed by atoms with van der Waals surface area (Å²) in [5.41, 5.74) is 1.25. The normalized spacial score (nSPS) is 12.8. The zero-order chi connectivity index (χ0) is 9.52. The molecule has 13 heavy (non-hydrogen) atoms. The Balaban J connectivity index is 2.56. The maximum Gasteiger partial charge on any atom is 0.0833 e. The van der Waals surface area contributed by atoms with Gasteiger partial charge < -0.3 is 10.1 Å². The molecule has 0 radical (unpaired) electrons. The van der Waals surface area contributed by atoms with Crippen molar-refractivity contribution in [1.82, 2.24) is 5.32 Å². The Morgan fingerprint density at radius 3 is 2.54 bits per heavy atom. The molecule has 0 aromatic heterocycles. The number of hydrogen-bond acceptors (Lipinski definition) is 2. The molecule has 0 heterocycles. The van der Waals surface area contributed by atoms with Gasteiger partial charge in [0.25, 0.3) is 0 Å². The van der Waals surface area contributed by atoms with Gasteiger partial charge in [-0.3, -0.25) is 0 Å². The van der Waals surface area contributed by atoms with E-state index in [1.807, 2.05) is 25.2 Å². The van der Waals surface area contributed by atoms with E-state index in [0.717, 1.165) is 13.0 Å². The average molecular weight is 179 g/mol. The van der Waals surface area contributed by atoms with Gasteiger partial charge in [-0.2, -0.15) is 0 Å².